The summed E-state index contributed by atoms with van der Waals surface area (Å²) in [5, 5.41) is 2.51. The lowest BCUT2D eigenvalue weighted by molar-refractivity contribution is -0.145. The number of nitrogens with one attached hydrogen (secondary N) is 1. The predicted octanol–water partition coefficient (Wildman–Crippen LogP) is 1.56. The molecule has 0 heterocycles. The molecule has 1 N–H and O–H groups in total. The van der Waals surface area contributed by atoms with Gasteiger partial charge < -0.3 is 24.3 Å². The van der Waals surface area contributed by atoms with Gasteiger partial charge in [-0.2, -0.15) is 0 Å². The second-order valence-corrected chi connectivity index (χ2v) is 5.95. The van der Waals surface area contributed by atoms with Crippen LogP contribution in [0.2, 0.25) is 0 Å². The summed E-state index contributed by atoms with van der Waals surface area (Å²) in [5.74, 6) is -0.839. The summed E-state index contributed by atoms with van der Waals surface area (Å²) in [4.78, 5) is 35.8. The molecule has 0 aliphatic rings. The Morgan fingerprint density at radius 1 is 1.00 bits per heavy atom. The van der Waals surface area contributed by atoms with Gasteiger partial charge in [-0.3, -0.25) is 4.79 Å². The number of esters is 2. The fourth-order valence-corrected chi connectivity index (χ4v) is 2.20. The third-order valence-electron chi connectivity index (χ3n) is 3.45. The molecule has 1 aromatic rings. The quantitative estimate of drug-likeness (QED) is 0.661. The average molecular weight is 367 g/mol. The van der Waals surface area contributed by atoms with Gasteiger partial charge in [-0.15, -0.1) is 0 Å². The molecule has 0 bridgehead atoms. The number of carbonyl (C=O) groups is 3. The van der Waals surface area contributed by atoms with E-state index in [0.717, 1.165) is 0 Å². The fraction of sp³-hybridized carbons (Fsp3) is 0.500. The highest BCUT2D eigenvalue weighted by molar-refractivity contribution is 5.92. The number of methoxy groups -OCH3 is 3. The van der Waals surface area contributed by atoms with Gasteiger partial charge in [0.25, 0.3) is 5.91 Å². The second kappa shape index (κ2) is 10.3. The van der Waals surface area contributed by atoms with E-state index in [1.807, 2.05) is 13.8 Å². The van der Waals surface area contributed by atoms with Crippen molar-refractivity contribution in [1.82, 2.24) is 5.32 Å². The highest BCUT2D eigenvalue weighted by Gasteiger charge is 2.23. The van der Waals surface area contributed by atoms with E-state index in [2.05, 4.69) is 10.1 Å². The Labute approximate surface area is 152 Å². The molecule has 0 saturated heterocycles. The highest BCUT2D eigenvalue weighted by Crippen LogP contribution is 2.22. The van der Waals surface area contributed by atoms with Crippen LogP contribution in [0, 0.1) is 5.92 Å². The van der Waals surface area contributed by atoms with Crippen LogP contribution in [-0.2, 0) is 19.1 Å². The topological polar surface area (TPSA) is 100 Å². The Bertz CT molecular complexity index is 620. The van der Waals surface area contributed by atoms with Crippen LogP contribution in [0.4, 0.5) is 0 Å². The number of carbonyl (C=O) groups excluding carboxylic acids is 3. The van der Waals surface area contributed by atoms with Crippen molar-refractivity contribution in [2.24, 2.45) is 5.92 Å². The lowest BCUT2D eigenvalue weighted by Gasteiger charge is -2.18. The zero-order valence-corrected chi connectivity index (χ0v) is 15.7. The van der Waals surface area contributed by atoms with E-state index < -0.39 is 30.5 Å². The summed E-state index contributed by atoms with van der Waals surface area (Å²) in [6, 6.07) is 3.76. The molecule has 144 valence electrons. The van der Waals surface area contributed by atoms with Crippen molar-refractivity contribution in [3.05, 3.63) is 23.8 Å². The molecule has 0 aliphatic carbocycles. The van der Waals surface area contributed by atoms with E-state index in [4.69, 9.17) is 14.2 Å². The van der Waals surface area contributed by atoms with Gasteiger partial charge in [0.05, 0.1) is 26.9 Å². The Morgan fingerprint density at radius 2 is 1.58 bits per heavy atom. The predicted molar refractivity (Wildman–Crippen MR) is 93.2 cm³/mol. The van der Waals surface area contributed by atoms with Gasteiger partial charge in [-0.1, -0.05) is 13.8 Å². The Hall–Kier alpha value is -2.77. The van der Waals surface area contributed by atoms with E-state index in [1.165, 1.54) is 33.5 Å². The first-order chi connectivity index (χ1) is 12.3. The van der Waals surface area contributed by atoms with E-state index in [1.54, 1.807) is 6.07 Å². The molecule has 0 aliphatic heterocycles. The maximum absolute atomic E-state index is 12.1. The summed E-state index contributed by atoms with van der Waals surface area (Å²) in [5.41, 5.74) is 0.181. The number of ether oxygens (including phenoxy) is 4. The number of amides is 1. The van der Waals surface area contributed by atoms with Crippen LogP contribution in [0.25, 0.3) is 0 Å². The summed E-state index contributed by atoms with van der Waals surface area (Å²) < 4.78 is 19.8. The van der Waals surface area contributed by atoms with Gasteiger partial charge in [0.2, 0.25) is 0 Å². The summed E-state index contributed by atoms with van der Waals surface area (Å²) >= 11 is 0. The molecule has 0 fully saturated rings. The number of rotatable bonds is 9. The Morgan fingerprint density at radius 3 is 2.04 bits per heavy atom. The van der Waals surface area contributed by atoms with Crippen molar-refractivity contribution in [1.29, 1.82) is 0 Å². The van der Waals surface area contributed by atoms with Crippen LogP contribution in [0.3, 0.4) is 0 Å². The van der Waals surface area contributed by atoms with Gasteiger partial charge in [0, 0.05) is 6.07 Å². The normalized spacial score (nSPS) is 11.5. The van der Waals surface area contributed by atoms with Crippen molar-refractivity contribution in [3.8, 4) is 11.5 Å². The zero-order valence-electron chi connectivity index (χ0n) is 15.7. The molecular weight excluding hydrogens is 342 g/mol. The van der Waals surface area contributed by atoms with Crippen LogP contribution >= 0.6 is 0 Å². The molecule has 0 saturated carbocycles. The molecule has 1 atom stereocenters. The molecule has 26 heavy (non-hydrogen) atoms. The van der Waals surface area contributed by atoms with Crippen LogP contribution in [-0.4, -0.2) is 51.8 Å². The van der Waals surface area contributed by atoms with Crippen molar-refractivity contribution in [2.75, 3.05) is 27.9 Å². The van der Waals surface area contributed by atoms with Crippen LogP contribution < -0.4 is 14.8 Å². The smallest absolute Gasteiger partial charge is 0.338 e. The highest BCUT2D eigenvalue weighted by atomic mass is 16.5. The molecule has 1 rings (SSSR count). The van der Waals surface area contributed by atoms with Crippen LogP contribution in [0.1, 0.15) is 30.6 Å². The van der Waals surface area contributed by atoms with Crippen molar-refractivity contribution in [3.63, 3.8) is 0 Å². The van der Waals surface area contributed by atoms with E-state index in [0.29, 0.717) is 17.9 Å². The van der Waals surface area contributed by atoms with Gasteiger partial charge in [-0.05, 0) is 24.5 Å². The SMILES string of the molecule is COC(=O)[C@@H](CC(C)C)NC(=O)COC(=O)c1cc(OC)cc(OC)c1. The molecule has 0 spiro atoms. The average Bonchev–Trinajstić information content (AvgIpc) is 2.63. The molecular formula is C18H25NO7. The van der Waals surface area contributed by atoms with Gasteiger partial charge >= 0.3 is 11.9 Å². The van der Waals surface area contributed by atoms with Gasteiger partial charge in [0.1, 0.15) is 17.5 Å². The Balaban J connectivity index is 2.68. The lowest BCUT2D eigenvalue weighted by Crippen LogP contribution is -2.44. The van der Waals surface area contributed by atoms with E-state index >= 15 is 0 Å². The number of hydrogen-bond donors (Lipinski definition) is 1. The molecule has 8 nitrogen and oxygen atoms in total. The minimum atomic E-state index is -0.789. The summed E-state index contributed by atoms with van der Waals surface area (Å²) in [7, 11) is 4.16. The Kier molecular flexibility index (Phi) is 8.41. The maximum atomic E-state index is 12.1. The summed E-state index contributed by atoms with van der Waals surface area (Å²) in [6.45, 7) is 3.31. The zero-order chi connectivity index (χ0) is 19.7. The van der Waals surface area contributed by atoms with Crippen LogP contribution in [0.5, 0.6) is 11.5 Å². The van der Waals surface area contributed by atoms with E-state index in [-0.39, 0.29) is 11.5 Å². The molecule has 0 unspecified atom stereocenters. The first kappa shape index (κ1) is 21.3. The van der Waals surface area contributed by atoms with Crippen molar-refractivity contribution < 1.29 is 33.3 Å². The third kappa shape index (κ3) is 6.62. The van der Waals surface area contributed by atoms with Crippen molar-refractivity contribution >= 4 is 17.8 Å². The fourth-order valence-electron chi connectivity index (χ4n) is 2.20. The first-order valence-electron chi connectivity index (χ1n) is 8.08. The maximum Gasteiger partial charge on any atom is 0.338 e. The standard InChI is InChI=1S/C18H25NO7/c1-11(2)6-15(18(22)25-5)19-16(20)10-26-17(21)12-7-13(23-3)9-14(8-12)24-4/h7-9,11,15H,6,10H2,1-5H3,(H,19,20)/t15-/m1/s1. The summed E-state index contributed by atoms with van der Waals surface area (Å²) in [6.07, 6.45) is 0.416. The number of benzene rings is 1. The largest absolute Gasteiger partial charge is 0.497 e. The minimum absolute atomic E-state index is 0.172. The second-order valence-electron chi connectivity index (χ2n) is 5.95. The van der Waals surface area contributed by atoms with Crippen molar-refractivity contribution in [2.45, 2.75) is 26.3 Å². The van der Waals surface area contributed by atoms with E-state index in [9.17, 15) is 14.4 Å². The molecule has 1 amide bonds. The lowest BCUT2D eigenvalue weighted by atomic mass is 10.0. The molecule has 0 radical (unpaired) electrons. The molecule has 0 aromatic heterocycles. The minimum Gasteiger partial charge on any atom is -0.497 e. The monoisotopic (exact) mass is 367 g/mol. The van der Waals surface area contributed by atoms with Crippen LogP contribution in [0.15, 0.2) is 18.2 Å². The number of hydrogen-bond acceptors (Lipinski definition) is 7. The third-order valence-corrected chi connectivity index (χ3v) is 3.45. The molecule has 1 aromatic carbocycles. The van der Waals surface area contributed by atoms with Gasteiger partial charge in [0.15, 0.2) is 6.61 Å². The van der Waals surface area contributed by atoms with Gasteiger partial charge in [-0.25, -0.2) is 9.59 Å². The molecule has 8 heteroatoms. The first-order valence-corrected chi connectivity index (χ1v) is 8.08.